The van der Waals surface area contributed by atoms with Gasteiger partial charge in [0.25, 0.3) is 5.91 Å². The summed E-state index contributed by atoms with van der Waals surface area (Å²) in [6, 6.07) is 4.80. The van der Waals surface area contributed by atoms with Gasteiger partial charge in [0, 0.05) is 23.1 Å². The molecule has 0 radical (unpaired) electrons. The molecule has 1 amide bonds. The van der Waals surface area contributed by atoms with Gasteiger partial charge in [0.2, 0.25) is 0 Å². The van der Waals surface area contributed by atoms with Crippen LogP contribution in [0.15, 0.2) is 18.2 Å². The van der Waals surface area contributed by atoms with E-state index in [1.54, 1.807) is 13.0 Å². The smallest absolute Gasteiger partial charge is 0.262 e. The summed E-state index contributed by atoms with van der Waals surface area (Å²) in [5.41, 5.74) is 0.696. The van der Waals surface area contributed by atoms with Crippen molar-refractivity contribution in [1.82, 2.24) is 20.1 Å². The zero-order valence-electron chi connectivity index (χ0n) is 14.2. The predicted octanol–water partition coefficient (Wildman–Crippen LogP) is 3.77. The van der Waals surface area contributed by atoms with Crippen LogP contribution in [0.1, 0.15) is 52.7 Å². The Labute approximate surface area is 148 Å². The molecule has 0 bridgehead atoms. The Hall–Kier alpha value is -2.28. The van der Waals surface area contributed by atoms with Crippen molar-refractivity contribution in [2.45, 2.75) is 45.7 Å². The number of fused-ring (bicyclic) bond motifs is 2. The molecule has 1 aliphatic heterocycles. The van der Waals surface area contributed by atoms with E-state index in [2.05, 4.69) is 15.4 Å². The fourth-order valence-corrected chi connectivity index (χ4v) is 4.51. The van der Waals surface area contributed by atoms with Crippen molar-refractivity contribution in [1.29, 1.82) is 0 Å². The first-order valence-electron chi connectivity index (χ1n) is 8.50. The number of halogens is 1. The minimum absolute atomic E-state index is 0.150. The van der Waals surface area contributed by atoms with Gasteiger partial charge in [0.15, 0.2) is 5.82 Å². The summed E-state index contributed by atoms with van der Waals surface area (Å²) in [6.07, 6.45) is 2.56. The summed E-state index contributed by atoms with van der Waals surface area (Å²) in [6.45, 7) is 4.65. The van der Waals surface area contributed by atoms with Gasteiger partial charge in [0.05, 0.1) is 10.9 Å². The van der Waals surface area contributed by atoms with Crippen LogP contribution in [-0.4, -0.2) is 20.7 Å². The fourth-order valence-electron chi connectivity index (χ4n) is 3.38. The average Bonchev–Trinajstić information content (AvgIpc) is 3.17. The lowest BCUT2D eigenvalue weighted by Crippen LogP contribution is -2.33. The Morgan fingerprint density at radius 1 is 1.48 bits per heavy atom. The maximum Gasteiger partial charge on any atom is 0.262 e. The quantitative estimate of drug-likeness (QED) is 0.775. The second-order valence-corrected chi connectivity index (χ2v) is 7.35. The van der Waals surface area contributed by atoms with E-state index < -0.39 is 0 Å². The van der Waals surface area contributed by atoms with Gasteiger partial charge in [-0.2, -0.15) is 5.10 Å². The van der Waals surface area contributed by atoms with Crippen molar-refractivity contribution in [2.75, 3.05) is 0 Å². The van der Waals surface area contributed by atoms with Crippen LogP contribution >= 0.6 is 11.3 Å². The van der Waals surface area contributed by atoms with Gasteiger partial charge in [0.1, 0.15) is 11.6 Å². The molecular formula is C18H19FN4OS. The molecular weight excluding hydrogens is 339 g/mol. The molecule has 3 heterocycles. The van der Waals surface area contributed by atoms with Crippen LogP contribution in [0.3, 0.4) is 0 Å². The number of thiophene rings is 1. The molecule has 1 atom stereocenters. The van der Waals surface area contributed by atoms with E-state index in [1.165, 1.54) is 17.4 Å². The molecule has 2 aromatic heterocycles. The number of amides is 1. The molecule has 25 heavy (non-hydrogen) atoms. The Bertz CT molecular complexity index is 962. The highest BCUT2D eigenvalue weighted by molar-refractivity contribution is 7.21. The number of carbonyl (C=O) groups excluding carboxylic acids is 1. The van der Waals surface area contributed by atoms with E-state index in [4.69, 9.17) is 0 Å². The topological polar surface area (TPSA) is 59.8 Å². The molecule has 1 aliphatic rings. The number of nitrogens with zero attached hydrogens (tertiary/aromatic N) is 3. The summed E-state index contributed by atoms with van der Waals surface area (Å²) in [5.74, 6) is 1.17. The standard InChI is InChI=1S/C18H19FN4OS/c1-3-14-21-17-12(7-5-9-23(17)22-14)20-18(24)16-10(2)15-11(19)6-4-8-13(15)25-16/h4,6,8,12H,3,5,7,9H2,1-2H3,(H,20,24). The van der Waals surface area contributed by atoms with E-state index in [9.17, 15) is 9.18 Å². The van der Waals surface area contributed by atoms with Crippen molar-refractivity contribution >= 4 is 27.3 Å². The van der Waals surface area contributed by atoms with E-state index in [0.717, 1.165) is 42.2 Å². The number of hydrogen-bond acceptors (Lipinski definition) is 4. The van der Waals surface area contributed by atoms with Gasteiger partial charge in [-0.1, -0.05) is 13.0 Å². The second-order valence-electron chi connectivity index (χ2n) is 6.30. The third-order valence-electron chi connectivity index (χ3n) is 4.65. The lowest BCUT2D eigenvalue weighted by atomic mass is 10.1. The maximum absolute atomic E-state index is 14.1. The molecule has 3 aromatic rings. The van der Waals surface area contributed by atoms with Crippen molar-refractivity contribution in [3.05, 3.63) is 46.1 Å². The lowest BCUT2D eigenvalue weighted by Gasteiger charge is -2.23. The molecule has 0 saturated carbocycles. The number of rotatable bonds is 3. The lowest BCUT2D eigenvalue weighted by molar-refractivity contribution is 0.0931. The summed E-state index contributed by atoms with van der Waals surface area (Å²) < 4.78 is 16.8. The van der Waals surface area contributed by atoms with Crippen molar-refractivity contribution in [2.24, 2.45) is 0 Å². The van der Waals surface area contributed by atoms with Crippen LogP contribution in [0.5, 0.6) is 0 Å². The number of nitrogens with one attached hydrogen (secondary N) is 1. The predicted molar refractivity (Wildman–Crippen MR) is 95.4 cm³/mol. The SMILES string of the molecule is CCc1nc2n(n1)CCCC2NC(=O)c1sc2cccc(F)c2c1C. The molecule has 1 unspecified atom stereocenters. The van der Waals surface area contributed by atoms with E-state index >= 15 is 0 Å². The van der Waals surface area contributed by atoms with Gasteiger partial charge in [-0.3, -0.25) is 4.79 Å². The van der Waals surface area contributed by atoms with Crippen molar-refractivity contribution in [3.63, 3.8) is 0 Å². The first-order valence-corrected chi connectivity index (χ1v) is 9.32. The first-order chi connectivity index (χ1) is 12.1. The number of hydrogen-bond donors (Lipinski definition) is 1. The van der Waals surface area contributed by atoms with Gasteiger partial charge < -0.3 is 5.32 Å². The maximum atomic E-state index is 14.1. The molecule has 4 rings (SSSR count). The molecule has 0 fully saturated rings. The highest BCUT2D eigenvalue weighted by Crippen LogP contribution is 2.33. The van der Waals surface area contributed by atoms with E-state index in [1.807, 2.05) is 17.7 Å². The van der Waals surface area contributed by atoms with Crippen LogP contribution in [0, 0.1) is 12.7 Å². The van der Waals surface area contributed by atoms with Gasteiger partial charge in [-0.05, 0) is 37.5 Å². The second kappa shape index (κ2) is 6.22. The molecule has 7 heteroatoms. The number of benzene rings is 1. The minimum atomic E-state index is -0.282. The molecule has 5 nitrogen and oxygen atoms in total. The third kappa shape index (κ3) is 2.72. The third-order valence-corrected chi connectivity index (χ3v) is 5.91. The van der Waals surface area contributed by atoms with Crippen LogP contribution in [0.2, 0.25) is 0 Å². The van der Waals surface area contributed by atoms with Crippen LogP contribution < -0.4 is 5.32 Å². The molecule has 0 saturated heterocycles. The monoisotopic (exact) mass is 358 g/mol. The molecule has 0 spiro atoms. The van der Waals surface area contributed by atoms with Crippen molar-refractivity contribution in [3.8, 4) is 0 Å². The largest absolute Gasteiger partial charge is 0.341 e. The number of aryl methyl sites for hydroxylation is 3. The first kappa shape index (κ1) is 16.2. The molecule has 1 N–H and O–H groups in total. The van der Waals surface area contributed by atoms with Crippen LogP contribution in [0.4, 0.5) is 4.39 Å². The zero-order valence-corrected chi connectivity index (χ0v) is 15.0. The Morgan fingerprint density at radius 3 is 3.08 bits per heavy atom. The fraction of sp³-hybridized carbons (Fsp3) is 0.389. The van der Waals surface area contributed by atoms with Gasteiger partial charge >= 0.3 is 0 Å². The van der Waals surface area contributed by atoms with E-state index in [0.29, 0.717) is 15.8 Å². The van der Waals surface area contributed by atoms with Crippen molar-refractivity contribution < 1.29 is 9.18 Å². The summed E-state index contributed by atoms with van der Waals surface area (Å²) in [4.78, 5) is 17.9. The molecule has 130 valence electrons. The van der Waals surface area contributed by atoms with Gasteiger partial charge in [-0.15, -0.1) is 11.3 Å². The van der Waals surface area contributed by atoms with E-state index in [-0.39, 0.29) is 17.8 Å². The zero-order chi connectivity index (χ0) is 17.6. The number of aromatic nitrogens is 3. The summed E-state index contributed by atoms with van der Waals surface area (Å²) in [7, 11) is 0. The summed E-state index contributed by atoms with van der Waals surface area (Å²) >= 11 is 1.33. The molecule has 0 aliphatic carbocycles. The Balaban J connectivity index is 1.64. The summed E-state index contributed by atoms with van der Waals surface area (Å²) in [5, 5.41) is 8.09. The number of carbonyl (C=O) groups is 1. The normalized spacial score (nSPS) is 16.8. The molecule has 1 aromatic carbocycles. The highest BCUT2D eigenvalue weighted by atomic mass is 32.1. The van der Waals surface area contributed by atoms with Gasteiger partial charge in [-0.25, -0.2) is 14.1 Å². The Kier molecular flexibility index (Phi) is 4.03. The van der Waals surface area contributed by atoms with Crippen LogP contribution in [-0.2, 0) is 13.0 Å². The minimum Gasteiger partial charge on any atom is -0.341 e. The van der Waals surface area contributed by atoms with Crippen LogP contribution in [0.25, 0.3) is 10.1 Å². The Morgan fingerprint density at radius 2 is 2.32 bits per heavy atom. The average molecular weight is 358 g/mol. The highest BCUT2D eigenvalue weighted by Gasteiger charge is 2.27.